The van der Waals surface area contributed by atoms with Crippen LogP contribution in [0.15, 0.2) is 36.4 Å². The minimum Gasteiger partial charge on any atom is -0.495 e. The fourth-order valence-corrected chi connectivity index (χ4v) is 5.45. The monoisotopic (exact) mass is 449 g/mol. The second-order valence-electron chi connectivity index (χ2n) is 8.19. The van der Waals surface area contributed by atoms with Crippen LogP contribution in [0.25, 0.3) is 10.2 Å². The molecule has 1 aromatic heterocycles. The maximum absolute atomic E-state index is 9.21. The first-order valence-electron chi connectivity index (χ1n) is 11.1. The van der Waals surface area contributed by atoms with Gasteiger partial charge < -0.3 is 19.7 Å². The van der Waals surface area contributed by atoms with Gasteiger partial charge in [0.05, 0.1) is 47.9 Å². The first-order chi connectivity index (χ1) is 15.7. The standard InChI is InChI=1S/C24H27N5O2S/c1-30-22-4-2-17(16-25)14-20(22)26-24-27-21-15-19(3-5-23(21)32-24)28-8-6-18(7-9-28)29-10-12-31-13-11-29/h2-5,14-15,18H,6-13H2,1H3,(H,26,27). The number of aromatic nitrogens is 1. The first-order valence-corrected chi connectivity index (χ1v) is 11.9. The molecule has 0 bridgehead atoms. The smallest absolute Gasteiger partial charge is 0.188 e. The van der Waals surface area contributed by atoms with Crippen LogP contribution >= 0.6 is 11.3 Å². The van der Waals surface area contributed by atoms with Crippen LogP contribution in [0.3, 0.4) is 0 Å². The van der Waals surface area contributed by atoms with Crippen molar-refractivity contribution in [1.82, 2.24) is 9.88 Å². The zero-order valence-corrected chi connectivity index (χ0v) is 19.0. The molecule has 2 aromatic carbocycles. The van der Waals surface area contributed by atoms with E-state index in [1.54, 1.807) is 36.6 Å². The number of rotatable bonds is 5. The van der Waals surface area contributed by atoms with Crippen molar-refractivity contribution in [3.63, 3.8) is 0 Å². The molecule has 0 unspecified atom stereocenters. The molecule has 0 saturated carbocycles. The van der Waals surface area contributed by atoms with Crippen LogP contribution in [0.5, 0.6) is 5.75 Å². The predicted molar refractivity (Wildman–Crippen MR) is 128 cm³/mol. The van der Waals surface area contributed by atoms with E-state index in [2.05, 4.69) is 39.4 Å². The highest BCUT2D eigenvalue weighted by atomic mass is 32.1. The number of hydrogen-bond donors (Lipinski definition) is 1. The molecule has 2 aliphatic rings. The number of thiazole rings is 1. The summed E-state index contributed by atoms with van der Waals surface area (Å²) >= 11 is 1.60. The molecule has 32 heavy (non-hydrogen) atoms. The molecule has 7 nitrogen and oxygen atoms in total. The quantitative estimate of drug-likeness (QED) is 0.625. The van der Waals surface area contributed by atoms with Gasteiger partial charge in [-0.05, 0) is 49.2 Å². The van der Waals surface area contributed by atoms with Crippen molar-refractivity contribution in [3.05, 3.63) is 42.0 Å². The van der Waals surface area contributed by atoms with E-state index in [0.717, 1.165) is 60.4 Å². The zero-order chi connectivity index (χ0) is 21.9. The van der Waals surface area contributed by atoms with Crippen LogP contribution in [-0.2, 0) is 4.74 Å². The lowest BCUT2D eigenvalue weighted by atomic mass is 10.0. The predicted octanol–water partition coefficient (Wildman–Crippen LogP) is 4.22. The van der Waals surface area contributed by atoms with Gasteiger partial charge in [-0.3, -0.25) is 4.90 Å². The molecule has 8 heteroatoms. The Morgan fingerprint density at radius 3 is 2.69 bits per heavy atom. The third-order valence-electron chi connectivity index (χ3n) is 6.33. The SMILES string of the molecule is COc1ccc(C#N)cc1Nc1nc2cc(N3CCC(N4CCOCC4)CC3)ccc2s1. The van der Waals surface area contributed by atoms with E-state index in [9.17, 15) is 5.26 Å². The van der Waals surface area contributed by atoms with Gasteiger partial charge in [-0.25, -0.2) is 4.98 Å². The van der Waals surface area contributed by atoms with Crippen molar-refractivity contribution >= 4 is 38.1 Å². The lowest BCUT2D eigenvalue weighted by Crippen LogP contribution is -2.49. The Labute approximate surface area is 192 Å². The van der Waals surface area contributed by atoms with Gasteiger partial charge in [-0.1, -0.05) is 11.3 Å². The average Bonchev–Trinajstić information content (AvgIpc) is 3.26. The van der Waals surface area contributed by atoms with Crippen molar-refractivity contribution in [2.45, 2.75) is 18.9 Å². The Balaban J connectivity index is 1.29. The van der Waals surface area contributed by atoms with Gasteiger partial charge in [0.1, 0.15) is 5.75 Å². The molecule has 2 saturated heterocycles. The number of nitrogens with zero attached hydrogens (tertiary/aromatic N) is 4. The van der Waals surface area contributed by atoms with Crippen molar-refractivity contribution in [2.24, 2.45) is 0 Å². The lowest BCUT2D eigenvalue weighted by molar-refractivity contribution is 0.0115. The minimum atomic E-state index is 0.581. The van der Waals surface area contributed by atoms with Gasteiger partial charge in [0.25, 0.3) is 0 Å². The van der Waals surface area contributed by atoms with E-state index in [1.165, 1.54) is 18.5 Å². The largest absolute Gasteiger partial charge is 0.495 e. The molecule has 0 radical (unpaired) electrons. The number of nitriles is 1. The summed E-state index contributed by atoms with van der Waals surface area (Å²) in [7, 11) is 1.62. The van der Waals surface area contributed by atoms with Crippen LogP contribution in [0.2, 0.25) is 0 Å². The highest BCUT2D eigenvalue weighted by molar-refractivity contribution is 7.22. The first kappa shape index (κ1) is 21.0. The summed E-state index contributed by atoms with van der Waals surface area (Å²) in [5.74, 6) is 0.687. The van der Waals surface area contributed by atoms with E-state index in [1.807, 2.05) is 0 Å². The Hall–Kier alpha value is -2.86. The molecule has 0 aliphatic carbocycles. The number of benzene rings is 2. The van der Waals surface area contributed by atoms with Gasteiger partial charge >= 0.3 is 0 Å². The molecular formula is C24H27N5O2S. The summed E-state index contributed by atoms with van der Waals surface area (Å²) in [4.78, 5) is 9.87. The van der Waals surface area contributed by atoms with Gasteiger partial charge in [0, 0.05) is 37.9 Å². The summed E-state index contributed by atoms with van der Waals surface area (Å²) in [5.41, 5.74) is 3.55. The highest BCUT2D eigenvalue weighted by Gasteiger charge is 2.26. The molecule has 3 aromatic rings. The van der Waals surface area contributed by atoms with Crippen LogP contribution in [0, 0.1) is 11.3 Å². The number of fused-ring (bicyclic) bond motifs is 1. The van der Waals surface area contributed by atoms with Crippen molar-refractivity contribution in [2.75, 3.05) is 56.7 Å². The third-order valence-corrected chi connectivity index (χ3v) is 7.28. The maximum Gasteiger partial charge on any atom is 0.188 e. The number of morpholine rings is 1. The fourth-order valence-electron chi connectivity index (χ4n) is 4.59. The summed E-state index contributed by atoms with van der Waals surface area (Å²) < 4.78 is 12.1. The van der Waals surface area contributed by atoms with Gasteiger partial charge in [0.2, 0.25) is 0 Å². The minimum absolute atomic E-state index is 0.581. The molecule has 2 fully saturated rings. The second-order valence-corrected chi connectivity index (χ2v) is 9.22. The number of nitrogens with one attached hydrogen (secondary N) is 1. The zero-order valence-electron chi connectivity index (χ0n) is 18.2. The molecule has 5 rings (SSSR count). The third kappa shape index (κ3) is 4.37. The second kappa shape index (κ2) is 9.33. The number of methoxy groups -OCH3 is 1. The van der Waals surface area contributed by atoms with Crippen LogP contribution < -0.4 is 15.0 Å². The van der Waals surface area contributed by atoms with E-state index >= 15 is 0 Å². The fraction of sp³-hybridized carbons (Fsp3) is 0.417. The van der Waals surface area contributed by atoms with E-state index in [-0.39, 0.29) is 0 Å². The molecular weight excluding hydrogens is 422 g/mol. The van der Waals surface area contributed by atoms with Gasteiger partial charge in [0.15, 0.2) is 5.13 Å². The van der Waals surface area contributed by atoms with Gasteiger partial charge in [-0.15, -0.1) is 0 Å². The number of anilines is 3. The van der Waals surface area contributed by atoms with Crippen molar-refractivity contribution < 1.29 is 9.47 Å². The topological polar surface area (TPSA) is 73.7 Å². The number of ether oxygens (including phenoxy) is 2. The Morgan fingerprint density at radius 2 is 1.94 bits per heavy atom. The van der Waals surface area contributed by atoms with E-state index < -0.39 is 0 Å². The van der Waals surface area contributed by atoms with Crippen molar-refractivity contribution in [3.8, 4) is 11.8 Å². The van der Waals surface area contributed by atoms with E-state index in [0.29, 0.717) is 17.4 Å². The summed E-state index contributed by atoms with van der Waals surface area (Å²) in [5, 5.41) is 13.3. The van der Waals surface area contributed by atoms with Crippen LogP contribution in [0.1, 0.15) is 18.4 Å². The molecule has 0 spiro atoms. The maximum atomic E-state index is 9.21. The molecule has 0 amide bonds. The van der Waals surface area contributed by atoms with Crippen molar-refractivity contribution in [1.29, 1.82) is 5.26 Å². The van der Waals surface area contributed by atoms with Crippen LogP contribution in [-0.4, -0.2) is 62.4 Å². The summed E-state index contributed by atoms with van der Waals surface area (Å²) in [6.45, 7) is 6.00. The molecule has 0 atom stereocenters. The van der Waals surface area contributed by atoms with E-state index in [4.69, 9.17) is 14.5 Å². The highest BCUT2D eigenvalue weighted by Crippen LogP contribution is 2.35. The normalized spacial score (nSPS) is 17.9. The van der Waals surface area contributed by atoms with Crippen LogP contribution in [0.4, 0.5) is 16.5 Å². The molecule has 3 heterocycles. The lowest BCUT2D eigenvalue weighted by Gasteiger charge is -2.40. The molecule has 166 valence electrons. The summed E-state index contributed by atoms with van der Waals surface area (Å²) in [6, 6.07) is 14.7. The number of piperidine rings is 1. The van der Waals surface area contributed by atoms with Gasteiger partial charge in [-0.2, -0.15) is 5.26 Å². The average molecular weight is 450 g/mol. The molecule has 1 N–H and O–H groups in total. The number of hydrogen-bond acceptors (Lipinski definition) is 8. The Kier molecular flexibility index (Phi) is 6.12. The summed E-state index contributed by atoms with van der Waals surface area (Å²) in [6.07, 6.45) is 2.38. The molecule has 2 aliphatic heterocycles. The Bertz CT molecular complexity index is 1130. The Morgan fingerprint density at radius 1 is 1.12 bits per heavy atom.